The number of fused-ring (bicyclic) bond motifs is 6. The Labute approximate surface area is 192 Å². The molecule has 0 radical (unpaired) electrons. The Bertz CT molecular complexity index is 798. The van der Waals surface area contributed by atoms with Crippen molar-refractivity contribution < 1.29 is 4.74 Å². The maximum absolute atomic E-state index is 6.85. The van der Waals surface area contributed by atoms with Crippen LogP contribution in [0.5, 0.6) is 0 Å². The van der Waals surface area contributed by atoms with Gasteiger partial charge in [-0.3, -0.25) is 0 Å². The number of hydrogen-bond donors (Lipinski definition) is 0. The second-order valence-electron chi connectivity index (χ2n) is 15.3. The zero-order valence-corrected chi connectivity index (χ0v) is 22.0. The fourth-order valence-corrected chi connectivity index (χ4v) is 12.6. The van der Waals surface area contributed by atoms with Gasteiger partial charge in [0.05, 0.1) is 0 Å². The van der Waals surface area contributed by atoms with Crippen molar-refractivity contribution in [2.24, 2.45) is 50.7 Å². The van der Waals surface area contributed by atoms with E-state index in [1.54, 1.807) is 0 Å². The van der Waals surface area contributed by atoms with Gasteiger partial charge >= 0.3 is 0 Å². The highest BCUT2D eigenvalue weighted by molar-refractivity contribution is 5.32. The topological polar surface area (TPSA) is 12.5 Å². The molecule has 176 valence electrons. The minimum absolute atomic E-state index is 0.233. The third-order valence-corrected chi connectivity index (χ3v) is 14.4. The summed E-state index contributed by atoms with van der Waals surface area (Å²) in [5.74, 6) is 3.33. The molecule has 1 heterocycles. The molecule has 0 aromatic rings. The van der Waals surface area contributed by atoms with Crippen molar-refractivity contribution in [3.05, 3.63) is 0 Å². The van der Waals surface area contributed by atoms with Gasteiger partial charge in [0.2, 0.25) is 0 Å². The van der Waals surface area contributed by atoms with Gasteiger partial charge in [-0.1, -0.05) is 61.8 Å². The lowest BCUT2D eigenvalue weighted by atomic mass is 9.30. The van der Waals surface area contributed by atoms with Crippen molar-refractivity contribution in [1.29, 1.82) is 0 Å². The number of rotatable bonds is 1. The lowest BCUT2D eigenvalue weighted by Gasteiger charge is -2.74. The van der Waals surface area contributed by atoms with Gasteiger partial charge < -0.3 is 4.74 Å². The molecular weight excluding hydrogens is 376 g/mol. The van der Waals surface area contributed by atoms with Gasteiger partial charge in [0.25, 0.3) is 0 Å². The van der Waals surface area contributed by atoms with Gasteiger partial charge in [-0.2, -0.15) is 0 Å². The van der Waals surface area contributed by atoms with Crippen LogP contribution in [0.15, 0.2) is 0 Å². The first-order chi connectivity index (χ1) is 14.3. The van der Waals surface area contributed by atoms with E-state index in [4.69, 9.17) is 4.74 Å². The van der Waals surface area contributed by atoms with E-state index in [1.165, 1.54) is 70.6 Å². The van der Waals surface area contributed by atoms with Crippen LogP contribution in [-0.4, -0.2) is 11.2 Å². The van der Waals surface area contributed by atoms with Crippen LogP contribution < -0.4 is 0 Å². The van der Waals surface area contributed by atoms with Crippen molar-refractivity contribution in [2.75, 3.05) is 0 Å². The van der Waals surface area contributed by atoms with Crippen LogP contribution >= 0.6 is 0 Å². The van der Waals surface area contributed by atoms with Crippen LogP contribution in [0.1, 0.15) is 126 Å². The van der Waals surface area contributed by atoms with Crippen LogP contribution in [-0.2, 0) is 4.74 Å². The molecule has 1 heteroatoms. The summed E-state index contributed by atoms with van der Waals surface area (Å²) in [5.41, 5.74) is 2.99. The standard InChI is InChI=1S/C30H50O/c1-20(2)29-17-12-23-27(7)16-11-22-25(5)14-9-13-24(3,4)21(25)10-15-26(22,6)28(27,8)18-19-30(23,29)31-29/h20-23H,9-19H2,1-8H3/t21-,22-,23-,25+,26-,27-,28+,29+,30+/m1/s1. The molecule has 1 aliphatic heterocycles. The normalized spacial score (nSPS) is 61.6. The highest BCUT2D eigenvalue weighted by Gasteiger charge is 2.84. The fourth-order valence-electron chi connectivity index (χ4n) is 12.6. The van der Waals surface area contributed by atoms with Crippen molar-refractivity contribution in [1.82, 2.24) is 0 Å². The molecule has 0 aromatic carbocycles. The molecule has 6 rings (SSSR count). The molecule has 6 fully saturated rings. The highest BCUT2D eigenvalue weighted by atomic mass is 16.6. The fraction of sp³-hybridized carbons (Fsp3) is 1.00. The van der Waals surface area contributed by atoms with Crippen LogP contribution in [0, 0.1) is 50.7 Å². The third kappa shape index (κ3) is 2.09. The molecule has 0 aromatic heterocycles. The maximum Gasteiger partial charge on any atom is 0.102 e. The molecular formula is C30H50O. The summed E-state index contributed by atoms with van der Waals surface area (Å²) in [4.78, 5) is 0. The van der Waals surface area contributed by atoms with Crippen LogP contribution in [0.25, 0.3) is 0 Å². The van der Waals surface area contributed by atoms with E-state index < -0.39 is 0 Å². The smallest absolute Gasteiger partial charge is 0.102 e. The lowest BCUT2D eigenvalue weighted by molar-refractivity contribution is -0.261. The van der Waals surface area contributed by atoms with E-state index in [-0.39, 0.29) is 11.2 Å². The average Bonchev–Trinajstić information content (AvgIpc) is 3.21. The summed E-state index contributed by atoms with van der Waals surface area (Å²) in [7, 11) is 0. The first kappa shape index (κ1) is 21.5. The second kappa shape index (κ2) is 5.78. The van der Waals surface area contributed by atoms with Crippen LogP contribution in [0.2, 0.25) is 0 Å². The quantitative estimate of drug-likeness (QED) is 0.383. The number of epoxide rings is 1. The van der Waals surface area contributed by atoms with E-state index in [0.717, 1.165) is 17.8 Å². The number of ether oxygens (including phenoxy) is 1. The number of hydrogen-bond acceptors (Lipinski definition) is 1. The molecule has 5 saturated carbocycles. The second-order valence-corrected chi connectivity index (χ2v) is 15.3. The molecule has 0 amide bonds. The Balaban J connectivity index is 1.41. The Morgan fingerprint density at radius 1 is 0.645 bits per heavy atom. The first-order valence-corrected chi connectivity index (χ1v) is 14.0. The minimum atomic E-state index is 0.233. The van der Waals surface area contributed by atoms with E-state index >= 15 is 0 Å². The molecule has 0 N–H and O–H groups in total. The Morgan fingerprint density at radius 3 is 1.90 bits per heavy atom. The van der Waals surface area contributed by atoms with Crippen LogP contribution in [0.3, 0.4) is 0 Å². The zero-order valence-electron chi connectivity index (χ0n) is 22.0. The Kier molecular flexibility index (Phi) is 4.00. The van der Waals surface area contributed by atoms with Gasteiger partial charge in [-0.05, 0) is 115 Å². The van der Waals surface area contributed by atoms with E-state index in [9.17, 15) is 0 Å². The first-order valence-electron chi connectivity index (χ1n) is 14.0. The predicted octanol–water partition coefficient (Wildman–Crippen LogP) is 8.41. The monoisotopic (exact) mass is 426 g/mol. The highest BCUT2D eigenvalue weighted by Crippen LogP contribution is 2.83. The maximum atomic E-state index is 6.85. The largest absolute Gasteiger partial charge is 0.362 e. The molecule has 6 aliphatic rings. The minimum Gasteiger partial charge on any atom is -0.362 e. The molecule has 1 saturated heterocycles. The van der Waals surface area contributed by atoms with Gasteiger partial charge in [-0.15, -0.1) is 0 Å². The SMILES string of the molecule is CC(C)[C@@]12CC[C@H]3[C@]1(CC[C@@]1(C)[C@]4(C)CC[C@@H]5C(C)(C)CCC[C@]5(C)[C@H]4CC[C@]31C)O2. The summed E-state index contributed by atoms with van der Waals surface area (Å²) < 4.78 is 6.85. The third-order valence-electron chi connectivity index (χ3n) is 14.4. The molecule has 1 spiro atoms. The van der Waals surface area contributed by atoms with Crippen LogP contribution in [0.4, 0.5) is 0 Å². The predicted molar refractivity (Wildman–Crippen MR) is 129 cm³/mol. The molecule has 5 aliphatic carbocycles. The van der Waals surface area contributed by atoms with Crippen molar-refractivity contribution in [3.8, 4) is 0 Å². The Hall–Kier alpha value is -0.0400. The summed E-state index contributed by atoms with van der Waals surface area (Å²) in [6.45, 7) is 21.1. The van der Waals surface area contributed by atoms with Gasteiger partial charge in [0.1, 0.15) is 11.2 Å². The average molecular weight is 427 g/mol. The zero-order chi connectivity index (χ0) is 22.3. The molecule has 1 nitrogen and oxygen atoms in total. The molecule has 0 bridgehead atoms. The van der Waals surface area contributed by atoms with Crippen molar-refractivity contribution in [2.45, 2.75) is 137 Å². The summed E-state index contributed by atoms with van der Waals surface area (Å²) >= 11 is 0. The summed E-state index contributed by atoms with van der Waals surface area (Å²) in [5, 5.41) is 0. The van der Waals surface area contributed by atoms with E-state index in [0.29, 0.717) is 33.0 Å². The summed E-state index contributed by atoms with van der Waals surface area (Å²) in [6.07, 6.45) is 15.8. The summed E-state index contributed by atoms with van der Waals surface area (Å²) in [6, 6.07) is 0. The Morgan fingerprint density at radius 2 is 1.26 bits per heavy atom. The van der Waals surface area contributed by atoms with Gasteiger partial charge in [0, 0.05) is 0 Å². The van der Waals surface area contributed by atoms with Crippen molar-refractivity contribution in [3.63, 3.8) is 0 Å². The lowest BCUT2D eigenvalue weighted by Crippen LogP contribution is -2.68. The molecule has 9 atom stereocenters. The van der Waals surface area contributed by atoms with Crippen molar-refractivity contribution >= 4 is 0 Å². The van der Waals surface area contributed by atoms with Gasteiger partial charge in [-0.25, -0.2) is 0 Å². The molecule has 0 unspecified atom stereocenters. The van der Waals surface area contributed by atoms with E-state index in [1.807, 2.05) is 0 Å². The van der Waals surface area contributed by atoms with E-state index in [2.05, 4.69) is 55.4 Å². The van der Waals surface area contributed by atoms with Gasteiger partial charge in [0.15, 0.2) is 0 Å². The molecule has 31 heavy (non-hydrogen) atoms.